The highest BCUT2D eigenvalue weighted by Crippen LogP contribution is 2.52. The molecule has 1 saturated carbocycles. The first-order valence-electron chi connectivity index (χ1n) is 4.78. The quantitative estimate of drug-likeness (QED) is 0.615. The van der Waals surface area contributed by atoms with Crippen LogP contribution in [0.25, 0.3) is 0 Å². The second kappa shape index (κ2) is 2.76. The molecule has 0 aromatic carbocycles. The van der Waals surface area contributed by atoms with Crippen molar-refractivity contribution in [3.63, 3.8) is 0 Å². The lowest BCUT2D eigenvalue weighted by molar-refractivity contribution is 0.249. The van der Waals surface area contributed by atoms with Crippen molar-refractivity contribution in [2.45, 2.75) is 25.7 Å². The molecule has 0 spiro atoms. The van der Waals surface area contributed by atoms with Gasteiger partial charge in [-0.05, 0) is 56.7 Å². The fourth-order valence-corrected chi connectivity index (χ4v) is 2.31. The SMILES string of the molecule is NCC1(C2CCCNC2)CC1. The zero-order chi connectivity index (χ0) is 7.73. The predicted octanol–water partition coefficient (Wildman–Crippen LogP) is 0.725. The van der Waals surface area contributed by atoms with Crippen molar-refractivity contribution < 1.29 is 0 Å². The molecule has 0 amide bonds. The van der Waals surface area contributed by atoms with Crippen LogP contribution in [-0.2, 0) is 0 Å². The van der Waals surface area contributed by atoms with E-state index in [-0.39, 0.29) is 0 Å². The fraction of sp³-hybridized carbons (Fsp3) is 1.00. The van der Waals surface area contributed by atoms with E-state index in [9.17, 15) is 0 Å². The summed E-state index contributed by atoms with van der Waals surface area (Å²) in [4.78, 5) is 0. The van der Waals surface area contributed by atoms with Gasteiger partial charge in [0.05, 0.1) is 0 Å². The molecule has 64 valence electrons. The highest BCUT2D eigenvalue weighted by Gasteiger charge is 2.47. The standard InChI is InChI=1S/C9H18N2/c10-7-9(3-4-9)8-2-1-5-11-6-8/h8,11H,1-7,10H2. The minimum absolute atomic E-state index is 0.577. The molecule has 0 aromatic rings. The summed E-state index contributed by atoms with van der Waals surface area (Å²) in [6.45, 7) is 3.35. The lowest BCUT2D eigenvalue weighted by Gasteiger charge is -2.29. The molecule has 1 aliphatic heterocycles. The third kappa shape index (κ3) is 1.30. The minimum atomic E-state index is 0.577. The predicted molar refractivity (Wildman–Crippen MR) is 46.3 cm³/mol. The van der Waals surface area contributed by atoms with Gasteiger partial charge >= 0.3 is 0 Å². The van der Waals surface area contributed by atoms with E-state index in [2.05, 4.69) is 5.32 Å². The van der Waals surface area contributed by atoms with E-state index >= 15 is 0 Å². The Hall–Kier alpha value is -0.0800. The van der Waals surface area contributed by atoms with Crippen LogP contribution in [0.3, 0.4) is 0 Å². The van der Waals surface area contributed by atoms with Gasteiger partial charge in [0, 0.05) is 0 Å². The Morgan fingerprint density at radius 2 is 2.27 bits per heavy atom. The topological polar surface area (TPSA) is 38.0 Å². The van der Waals surface area contributed by atoms with Crippen LogP contribution in [0.4, 0.5) is 0 Å². The van der Waals surface area contributed by atoms with Crippen LogP contribution < -0.4 is 11.1 Å². The third-order valence-electron chi connectivity index (χ3n) is 3.46. The van der Waals surface area contributed by atoms with E-state index < -0.39 is 0 Å². The molecule has 0 bridgehead atoms. The van der Waals surface area contributed by atoms with Crippen molar-refractivity contribution in [2.75, 3.05) is 19.6 Å². The summed E-state index contributed by atoms with van der Waals surface area (Å²) in [6, 6.07) is 0. The van der Waals surface area contributed by atoms with Crippen molar-refractivity contribution in [2.24, 2.45) is 17.1 Å². The van der Waals surface area contributed by atoms with Gasteiger partial charge in [0.25, 0.3) is 0 Å². The Labute approximate surface area is 68.5 Å². The number of rotatable bonds is 2. The zero-order valence-corrected chi connectivity index (χ0v) is 7.10. The molecular formula is C9H18N2. The van der Waals surface area contributed by atoms with Gasteiger partial charge in [-0.15, -0.1) is 0 Å². The summed E-state index contributed by atoms with van der Waals surface area (Å²) in [7, 11) is 0. The van der Waals surface area contributed by atoms with Crippen LogP contribution >= 0.6 is 0 Å². The number of piperidine rings is 1. The molecule has 3 N–H and O–H groups in total. The second-order valence-electron chi connectivity index (χ2n) is 4.11. The fourth-order valence-electron chi connectivity index (χ4n) is 2.31. The first kappa shape index (κ1) is 7.56. The van der Waals surface area contributed by atoms with Crippen molar-refractivity contribution in [1.82, 2.24) is 5.32 Å². The highest BCUT2D eigenvalue weighted by molar-refractivity contribution is 5.00. The van der Waals surface area contributed by atoms with E-state index in [0.29, 0.717) is 5.41 Å². The molecule has 2 nitrogen and oxygen atoms in total. The first-order chi connectivity index (χ1) is 5.37. The molecule has 2 fully saturated rings. The number of hydrogen-bond acceptors (Lipinski definition) is 2. The Kier molecular flexibility index (Phi) is 1.90. The summed E-state index contributed by atoms with van der Waals surface area (Å²) in [5.74, 6) is 0.890. The van der Waals surface area contributed by atoms with Crippen molar-refractivity contribution in [3.8, 4) is 0 Å². The molecule has 2 rings (SSSR count). The van der Waals surface area contributed by atoms with Crippen LogP contribution in [0.5, 0.6) is 0 Å². The number of hydrogen-bond donors (Lipinski definition) is 2. The van der Waals surface area contributed by atoms with Gasteiger partial charge in [0.1, 0.15) is 0 Å². The molecule has 1 saturated heterocycles. The number of nitrogens with one attached hydrogen (secondary N) is 1. The van der Waals surface area contributed by atoms with Crippen molar-refractivity contribution in [3.05, 3.63) is 0 Å². The molecule has 1 unspecified atom stereocenters. The maximum absolute atomic E-state index is 5.77. The Bertz CT molecular complexity index is 134. The molecule has 0 aromatic heterocycles. The summed E-state index contributed by atoms with van der Waals surface area (Å²) in [5, 5.41) is 3.46. The lowest BCUT2D eigenvalue weighted by atomic mass is 9.83. The van der Waals surface area contributed by atoms with Gasteiger partial charge in [-0.2, -0.15) is 0 Å². The average molecular weight is 154 g/mol. The minimum Gasteiger partial charge on any atom is -0.330 e. The first-order valence-corrected chi connectivity index (χ1v) is 4.78. The van der Waals surface area contributed by atoms with Crippen LogP contribution in [0.15, 0.2) is 0 Å². The van der Waals surface area contributed by atoms with Gasteiger partial charge in [-0.3, -0.25) is 0 Å². The van der Waals surface area contributed by atoms with Gasteiger partial charge in [0.15, 0.2) is 0 Å². The molecule has 0 radical (unpaired) electrons. The van der Waals surface area contributed by atoms with Crippen LogP contribution in [0.2, 0.25) is 0 Å². The molecule has 1 heterocycles. The lowest BCUT2D eigenvalue weighted by Crippen LogP contribution is -2.38. The molecular weight excluding hydrogens is 136 g/mol. The van der Waals surface area contributed by atoms with Crippen LogP contribution in [0, 0.1) is 11.3 Å². The van der Waals surface area contributed by atoms with Crippen LogP contribution in [-0.4, -0.2) is 19.6 Å². The van der Waals surface area contributed by atoms with E-state index in [4.69, 9.17) is 5.73 Å². The molecule has 2 aliphatic rings. The van der Waals surface area contributed by atoms with E-state index in [0.717, 1.165) is 12.5 Å². The van der Waals surface area contributed by atoms with Gasteiger partial charge < -0.3 is 11.1 Å². The monoisotopic (exact) mass is 154 g/mol. The Morgan fingerprint density at radius 1 is 1.45 bits per heavy atom. The summed E-state index contributed by atoms with van der Waals surface area (Å²) in [5.41, 5.74) is 6.35. The smallest absolute Gasteiger partial charge is 0.00147 e. The molecule has 2 heteroatoms. The van der Waals surface area contributed by atoms with E-state index in [1.807, 2.05) is 0 Å². The normalized spacial score (nSPS) is 35.2. The molecule has 1 atom stereocenters. The van der Waals surface area contributed by atoms with E-state index in [1.54, 1.807) is 0 Å². The molecule has 1 aliphatic carbocycles. The summed E-state index contributed by atoms with van der Waals surface area (Å²) < 4.78 is 0. The van der Waals surface area contributed by atoms with Crippen molar-refractivity contribution in [1.29, 1.82) is 0 Å². The summed E-state index contributed by atoms with van der Waals surface area (Å²) >= 11 is 0. The van der Waals surface area contributed by atoms with Gasteiger partial charge in [0.2, 0.25) is 0 Å². The number of nitrogens with two attached hydrogens (primary N) is 1. The van der Waals surface area contributed by atoms with Gasteiger partial charge in [-0.1, -0.05) is 0 Å². The Morgan fingerprint density at radius 3 is 2.73 bits per heavy atom. The second-order valence-corrected chi connectivity index (χ2v) is 4.11. The van der Waals surface area contributed by atoms with Crippen LogP contribution in [0.1, 0.15) is 25.7 Å². The zero-order valence-electron chi connectivity index (χ0n) is 7.10. The van der Waals surface area contributed by atoms with Crippen molar-refractivity contribution >= 4 is 0 Å². The maximum atomic E-state index is 5.77. The summed E-state index contributed by atoms with van der Waals surface area (Å²) in [6.07, 6.45) is 5.53. The third-order valence-corrected chi connectivity index (χ3v) is 3.46. The highest BCUT2D eigenvalue weighted by atomic mass is 14.9. The Balaban J connectivity index is 1.92. The largest absolute Gasteiger partial charge is 0.330 e. The van der Waals surface area contributed by atoms with Gasteiger partial charge in [-0.25, -0.2) is 0 Å². The maximum Gasteiger partial charge on any atom is -0.00147 e. The van der Waals surface area contributed by atoms with E-state index in [1.165, 1.54) is 38.8 Å². The average Bonchev–Trinajstić information content (AvgIpc) is 2.86. The molecule has 11 heavy (non-hydrogen) atoms.